The summed E-state index contributed by atoms with van der Waals surface area (Å²) in [5, 5.41) is 0. The van der Waals surface area contributed by atoms with Crippen LogP contribution < -0.4 is 4.90 Å². The predicted octanol–water partition coefficient (Wildman–Crippen LogP) is 0.480. The number of nitrogens with zero attached hydrogens (tertiary/aromatic N) is 5. The number of esters is 1. The summed E-state index contributed by atoms with van der Waals surface area (Å²) < 4.78 is 6.75. The van der Waals surface area contributed by atoms with Crippen LogP contribution in [-0.2, 0) is 17.8 Å². The van der Waals surface area contributed by atoms with Crippen molar-refractivity contribution in [3.05, 3.63) is 36.3 Å². The Labute approximate surface area is 109 Å². The molecular weight excluding hydrogens is 246 g/mol. The third kappa shape index (κ3) is 2.14. The van der Waals surface area contributed by atoms with Crippen molar-refractivity contribution in [2.75, 3.05) is 18.6 Å². The molecule has 19 heavy (non-hydrogen) atoms. The molecule has 0 N–H and O–H groups in total. The second-order valence-electron chi connectivity index (χ2n) is 4.21. The number of hydrogen-bond donors (Lipinski definition) is 0. The molecule has 3 heterocycles. The quantitative estimate of drug-likeness (QED) is 0.730. The summed E-state index contributed by atoms with van der Waals surface area (Å²) in [6, 6.07) is 0. The molecule has 0 radical (unpaired) electrons. The largest absolute Gasteiger partial charge is 0.464 e. The van der Waals surface area contributed by atoms with Crippen LogP contribution >= 0.6 is 0 Å². The lowest BCUT2D eigenvalue weighted by atomic mass is 10.3. The molecule has 7 nitrogen and oxygen atoms in total. The molecule has 98 valence electrons. The smallest absolute Gasteiger partial charge is 0.358 e. The van der Waals surface area contributed by atoms with Gasteiger partial charge in [-0.3, -0.25) is 4.98 Å². The summed E-state index contributed by atoms with van der Waals surface area (Å²) in [5.41, 5.74) is 0.217. The van der Waals surface area contributed by atoms with Crippen molar-refractivity contribution >= 4 is 11.8 Å². The fourth-order valence-electron chi connectivity index (χ4n) is 2.08. The second kappa shape index (κ2) is 4.68. The van der Waals surface area contributed by atoms with Gasteiger partial charge in [0.2, 0.25) is 0 Å². The lowest BCUT2D eigenvalue weighted by Crippen LogP contribution is -2.34. The molecule has 0 aromatic carbocycles. The molecule has 2 aromatic heterocycles. The standard InChI is InChI=1S/C12H13N5O2/c1-19-12(18)9-6-13-7-10(15-9)17-5-4-16-3-2-14-11(16)8-17/h2-3,6-7H,4-5,8H2,1H3. The Bertz CT molecular complexity index is 610. The van der Waals surface area contributed by atoms with Gasteiger partial charge >= 0.3 is 5.97 Å². The van der Waals surface area contributed by atoms with Gasteiger partial charge in [0.1, 0.15) is 11.6 Å². The van der Waals surface area contributed by atoms with Gasteiger partial charge in [-0.2, -0.15) is 0 Å². The molecule has 3 rings (SSSR count). The van der Waals surface area contributed by atoms with Gasteiger partial charge in [0.25, 0.3) is 0 Å². The van der Waals surface area contributed by atoms with Gasteiger partial charge < -0.3 is 14.2 Å². The molecular formula is C12H13N5O2. The number of fused-ring (bicyclic) bond motifs is 1. The first-order valence-electron chi connectivity index (χ1n) is 5.93. The van der Waals surface area contributed by atoms with E-state index >= 15 is 0 Å². The Morgan fingerprint density at radius 2 is 2.26 bits per heavy atom. The minimum absolute atomic E-state index is 0.217. The van der Waals surface area contributed by atoms with Gasteiger partial charge in [0.15, 0.2) is 5.69 Å². The highest BCUT2D eigenvalue weighted by atomic mass is 16.5. The Hall–Kier alpha value is -2.44. The van der Waals surface area contributed by atoms with Crippen LogP contribution in [0.3, 0.4) is 0 Å². The average Bonchev–Trinajstić information content (AvgIpc) is 2.94. The van der Waals surface area contributed by atoms with E-state index in [4.69, 9.17) is 0 Å². The van der Waals surface area contributed by atoms with Crippen molar-refractivity contribution in [2.45, 2.75) is 13.1 Å². The molecule has 0 atom stereocenters. The van der Waals surface area contributed by atoms with Crippen LogP contribution in [0.4, 0.5) is 5.82 Å². The molecule has 0 saturated heterocycles. The van der Waals surface area contributed by atoms with E-state index in [2.05, 4.69) is 24.3 Å². The van der Waals surface area contributed by atoms with E-state index in [0.717, 1.165) is 18.9 Å². The first-order valence-corrected chi connectivity index (χ1v) is 5.93. The molecule has 0 saturated carbocycles. The zero-order valence-electron chi connectivity index (χ0n) is 10.5. The number of carbonyl (C=O) groups is 1. The van der Waals surface area contributed by atoms with Gasteiger partial charge in [0, 0.05) is 25.5 Å². The summed E-state index contributed by atoms with van der Waals surface area (Å²) in [6.07, 6.45) is 6.80. The Morgan fingerprint density at radius 1 is 1.37 bits per heavy atom. The third-order valence-corrected chi connectivity index (χ3v) is 3.09. The maximum Gasteiger partial charge on any atom is 0.358 e. The number of anilines is 1. The molecule has 2 aromatic rings. The highest BCUT2D eigenvalue weighted by Crippen LogP contribution is 2.17. The van der Waals surface area contributed by atoms with E-state index in [1.54, 1.807) is 12.4 Å². The summed E-state index contributed by atoms with van der Waals surface area (Å²) >= 11 is 0. The highest BCUT2D eigenvalue weighted by molar-refractivity contribution is 5.87. The Morgan fingerprint density at radius 3 is 3.11 bits per heavy atom. The van der Waals surface area contributed by atoms with Crippen LogP contribution in [0, 0.1) is 0 Å². The molecule has 1 aliphatic heterocycles. The van der Waals surface area contributed by atoms with Crippen LogP contribution in [0.1, 0.15) is 16.3 Å². The van der Waals surface area contributed by atoms with Crippen LogP contribution in [0.2, 0.25) is 0 Å². The van der Waals surface area contributed by atoms with Gasteiger partial charge in [0.05, 0.1) is 26.0 Å². The van der Waals surface area contributed by atoms with E-state index in [0.29, 0.717) is 12.4 Å². The zero-order chi connectivity index (χ0) is 13.2. The number of aromatic nitrogens is 4. The fourth-order valence-corrected chi connectivity index (χ4v) is 2.08. The van der Waals surface area contributed by atoms with Crippen molar-refractivity contribution < 1.29 is 9.53 Å². The first-order chi connectivity index (χ1) is 9.28. The summed E-state index contributed by atoms with van der Waals surface area (Å²) in [4.78, 5) is 26.1. The van der Waals surface area contributed by atoms with Crippen LogP contribution in [-0.4, -0.2) is 39.1 Å². The minimum Gasteiger partial charge on any atom is -0.464 e. The molecule has 0 fully saturated rings. The Kier molecular flexibility index (Phi) is 2.86. The molecule has 0 amide bonds. The van der Waals surface area contributed by atoms with Gasteiger partial charge in [-0.1, -0.05) is 0 Å². The number of ether oxygens (including phenoxy) is 1. The SMILES string of the molecule is COC(=O)c1cncc(N2CCn3ccnc3C2)n1. The third-order valence-electron chi connectivity index (χ3n) is 3.09. The van der Waals surface area contributed by atoms with Crippen LogP contribution in [0.25, 0.3) is 0 Å². The summed E-state index contributed by atoms with van der Waals surface area (Å²) in [6.45, 7) is 2.31. The maximum atomic E-state index is 11.4. The average molecular weight is 259 g/mol. The highest BCUT2D eigenvalue weighted by Gasteiger charge is 2.19. The number of imidazole rings is 1. The van der Waals surface area contributed by atoms with E-state index in [1.165, 1.54) is 13.3 Å². The molecule has 0 unspecified atom stereocenters. The van der Waals surface area contributed by atoms with Crippen LogP contribution in [0.5, 0.6) is 0 Å². The van der Waals surface area contributed by atoms with Gasteiger partial charge in [-0.15, -0.1) is 0 Å². The lowest BCUT2D eigenvalue weighted by Gasteiger charge is -2.28. The van der Waals surface area contributed by atoms with E-state index < -0.39 is 5.97 Å². The number of rotatable bonds is 2. The van der Waals surface area contributed by atoms with Crippen molar-refractivity contribution in [1.29, 1.82) is 0 Å². The van der Waals surface area contributed by atoms with Crippen molar-refractivity contribution in [3.63, 3.8) is 0 Å². The monoisotopic (exact) mass is 259 g/mol. The van der Waals surface area contributed by atoms with E-state index in [9.17, 15) is 4.79 Å². The van der Waals surface area contributed by atoms with E-state index in [-0.39, 0.29) is 5.69 Å². The first kappa shape index (κ1) is 11.6. The molecule has 1 aliphatic rings. The van der Waals surface area contributed by atoms with Crippen molar-refractivity contribution in [1.82, 2.24) is 19.5 Å². The van der Waals surface area contributed by atoms with Crippen molar-refractivity contribution in [2.24, 2.45) is 0 Å². The zero-order valence-corrected chi connectivity index (χ0v) is 10.5. The Balaban J connectivity index is 1.85. The number of hydrogen-bond acceptors (Lipinski definition) is 6. The van der Waals surface area contributed by atoms with Crippen LogP contribution in [0.15, 0.2) is 24.8 Å². The van der Waals surface area contributed by atoms with Gasteiger partial charge in [-0.05, 0) is 0 Å². The molecule has 0 bridgehead atoms. The molecule has 7 heteroatoms. The minimum atomic E-state index is -0.479. The number of methoxy groups -OCH3 is 1. The molecule has 0 aliphatic carbocycles. The van der Waals surface area contributed by atoms with Gasteiger partial charge in [-0.25, -0.2) is 14.8 Å². The number of carbonyl (C=O) groups excluding carboxylic acids is 1. The summed E-state index contributed by atoms with van der Waals surface area (Å²) in [7, 11) is 1.33. The summed E-state index contributed by atoms with van der Waals surface area (Å²) in [5.74, 6) is 1.17. The second-order valence-corrected chi connectivity index (χ2v) is 4.21. The topological polar surface area (TPSA) is 73.1 Å². The fraction of sp³-hybridized carbons (Fsp3) is 0.333. The normalized spacial score (nSPS) is 14.1. The van der Waals surface area contributed by atoms with E-state index in [1.807, 2.05) is 11.1 Å². The predicted molar refractivity (Wildman–Crippen MR) is 66.6 cm³/mol. The molecule has 0 spiro atoms. The van der Waals surface area contributed by atoms with Crippen molar-refractivity contribution in [3.8, 4) is 0 Å². The maximum absolute atomic E-state index is 11.4. The lowest BCUT2D eigenvalue weighted by molar-refractivity contribution is 0.0593.